The van der Waals surface area contributed by atoms with Crippen LogP contribution in [-0.2, 0) is 16.1 Å². The molecule has 0 spiro atoms. The summed E-state index contributed by atoms with van der Waals surface area (Å²) in [5, 5.41) is 17.7. The molecule has 2 fully saturated rings. The van der Waals surface area contributed by atoms with Gasteiger partial charge in [-0.2, -0.15) is 5.10 Å². The van der Waals surface area contributed by atoms with Crippen LogP contribution in [-0.4, -0.2) is 59.9 Å². The van der Waals surface area contributed by atoms with Crippen molar-refractivity contribution in [2.45, 2.75) is 50.6 Å². The van der Waals surface area contributed by atoms with Crippen LogP contribution < -0.4 is 9.64 Å². The molecule has 1 N–H and O–H groups in total. The predicted molar refractivity (Wildman–Crippen MR) is 109 cm³/mol. The van der Waals surface area contributed by atoms with Gasteiger partial charge in [-0.05, 0) is 31.2 Å². The van der Waals surface area contributed by atoms with Gasteiger partial charge in [0.05, 0.1) is 37.7 Å². The second-order valence-corrected chi connectivity index (χ2v) is 7.71. The molecule has 0 atom stereocenters. The Morgan fingerprint density at radius 1 is 1.03 bits per heavy atom. The summed E-state index contributed by atoms with van der Waals surface area (Å²) in [7, 11) is 0. The molecule has 156 valence electrons. The fourth-order valence-corrected chi connectivity index (χ4v) is 3.70. The minimum absolute atomic E-state index is 0.165. The summed E-state index contributed by atoms with van der Waals surface area (Å²) in [6.45, 7) is 3.35. The maximum Gasteiger partial charge on any atom is 0.154 e. The van der Waals surface area contributed by atoms with Crippen LogP contribution in [0.1, 0.15) is 31.2 Å². The topological polar surface area (TPSA) is 76.9 Å². The largest absolute Gasteiger partial charge is 0.489 e. The number of piperidine rings is 1. The second kappa shape index (κ2) is 10.0. The Morgan fingerprint density at radius 2 is 1.83 bits per heavy atom. The highest BCUT2D eigenvalue weighted by Crippen LogP contribution is 2.28. The van der Waals surface area contributed by atoms with Crippen LogP contribution in [0.15, 0.2) is 42.6 Å². The first-order chi connectivity index (χ1) is 14.3. The minimum Gasteiger partial charge on any atom is -0.489 e. The van der Waals surface area contributed by atoms with E-state index < -0.39 is 0 Å². The van der Waals surface area contributed by atoms with E-state index in [2.05, 4.69) is 15.1 Å². The molecular weight excluding hydrogens is 370 g/mol. The number of aliphatic hydroxyl groups is 1. The van der Waals surface area contributed by atoms with Crippen molar-refractivity contribution in [1.29, 1.82) is 0 Å². The number of ether oxygens (including phenoxy) is 3. The van der Waals surface area contributed by atoms with Crippen LogP contribution in [0.3, 0.4) is 0 Å². The molecule has 1 saturated carbocycles. The highest BCUT2D eigenvalue weighted by Gasteiger charge is 2.31. The average molecular weight is 399 g/mol. The molecule has 0 bridgehead atoms. The molecule has 0 unspecified atom stereocenters. The third-order valence-corrected chi connectivity index (χ3v) is 5.45. The zero-order valence-corrected chi connectivity index (χ0v) is 16.7. The number of hydrogen-bond donors (Lipinski definition) is 1. The number of hydrogen-bond acceptors (Lipinski definition) is 7. The van der Waals surface area contributed by atoms with Crippen molar-refractivity contribution in [2.75, 3.05) is 31.2 Å². The molecule has 2 heterocycles. The van der Waals surface area contributed by atoms with Crippen LogP contribution in [0.5, 0.6) is 5.75 Å². The molecule has 1 aliphatic carbocycles. The fourth-order valence-electron chi connectivity index (χ4n) is 3.70. The maximum absolute atomic E-state index is 9.39. The average Bonchev–Trinajstić information content (AvgIpc) is 2.74. The molecule has 0 amide bonds. The molecule has 2 aliphatic rings. The molecule has 7 nitrogen and oxygen atoms in total. The Bertz CT molecular complexity index is 747. The summed E-state index contributed by atoms with van der Waals surface area (Å²) in [6, 6.07) is 12.0. The third-order valence-electron chi connectivity index (χ3n) is 5.45. The molecule has 29 heavy (non-hydrogen) atoms. The van der Waals surface area contributed by atoms with Crippen LogP contribution in [0, 0.1) is 0 Å². The smallest absolute Gasteiger partial charge is 0.154 e. The van der Waals surface area contributed by atoms with E-state index in [9.17, 15) is 5.11 Å². The lowest BCUT2D eigenvalue weighted by Crippen LogP contribution is -2.43. The second-order valence-electron chi connectivity index (χ2n) is 7.71. The summed E-state index contributed by atoms with van der Waals surface area (Å²) in [6.07, 6.45) is 5.47. The lowest BCUT2D eigenvalue weighted by molar-refractivity contribution is -0.108. The Balaban J connectivity index is 1.17. The number of aliphatic hydroxyl groups excluding tert-OH is 1. The van der Waals surface area contributed by atoms with E-state index in [1.54, 1.807) is 6.20 Å². The maximum atomic E-state index is 9.39. The standard InChI is InChI=1S/C22H29N3O4/c26-18-12-20(13-18)29-19-6-8-25(9-7-19)22-14-21(15-23-24-22)28-11-10-27-16-17-4-2-1-3-5-17/h1-5,14-15,18-20,26H,6-13,16H2/t18-,20-. The summed E-state index contributed by atoms with van der Waals surface area (Å²) >= 11 is 0. The van der Waals surface area contributed by atoms with Gasteiger partial charge in [-0.3, -0.25) is 0 Å². The molecule has 1 saturated heterocycles. The summed E-state index contributed by atoms with van der Waals surface area (Å²) in [5.41, 5.74) is 1.15. The van der Waals surface area contributed by atoms with Crippen molar-refractivity contribution in [2.24, 2.45) is 0 Å². The normalized spacial score (nSPS) is 22.3. The fraction of sp³-hybridized carbons (Fsp3) is 0.545. The van der Waals surface area contributed by atoms with E-state index >= 15 is 0 Å². The van der Waals surface area contributed by atoms with Gasteiger partial charge in [0.15, 0.2) is 5.82 Å². The quantitative estimate of drug-likeness (QED) is 0.650. The van der Waals surface area contributed by atoms with Crippen molar-refractivity contribution in [3.63, 3.8) is 0 Å². The number of rotatable bonds is 9. The number of benzene rings is 1. The third kappa shape index (κ3) is 5.88. The molecule has 0 radical (unpaired) electrons. The first-order valence-corrected chi connectivity index (χ1v) is 10.4. The van der Waals surface area contributed by atoms with Gasteiger partial charge >= 0.3 is 0 Å². The zero-order chi connectivity index (χ0) is 19.9. The van der Waals surface area contributed by atoms with E-state index in [-0.39, 0.29) is 18.3 Å². The first kappa shape index (κ1) is 20.1. The Kier molecular flexibility index (Phi) is 6.92. The SMILES string of the molecule is O[C@H]1C[C@H](OC2CCN(c3cc(OCCOCc4ccccc4)cnn3)CC2)C1. The first-order valence-electron chi connectivity index (χ1n) is 10.4. The zero-order valence-electron chi connectivity index (χ0n) is 16.7. The number of anilines is 1. The lowest BCUT2D eigenvalue weighted by Gasteiger charge is -2.38. The van der Waals surface area contributed by atoms with Gasteiger partial charge in [0.2, 0.25) is 0 Å². The van der Waals surface area contributed by atoms with E-state index in [0.29, 0.717) is 25.6 Å². The van der Waals surface area contributed by atoms with Crippen molar-refractivity contribution in [3.8, 4) is 5.75 Å². The van der Waals surface area contributed by atoms with Crippen LogP contribution in [0.2, 0.25) is 0 Å². The molecule has 1 aliphatic heterocycles. The van der Waals surface area contributed by atoms with Gasteiger partial charge in [-0.1, -0.05) is 30.3 Å². The molecular formula is C22H29N3O4. The van der Waals surface area contributed by atoms with Crippen LogP contribution >= 0.6 is 0 Å². The van der Waals surface area contributed by atoms with Gasteiger partial charge in [-0.15, -0.1) is 5.10 Å². The molecule has 1 aromatic heterocycles. The van der Waals surface area contributed by atoms with E-state index in [1.807, 2.05) is 36.4 Å². The van der Waals surface area contributed by atoms with Gasteiger partial charge in [0.1, 0.15) is 12.4 Å². The van der Waals surface area contributed by atoms with Gasteiger partial charge in [0.25, 0.3) is 0 Å². The van der Waals surface area contributed by atoms with E-state index in [0.717, 1.165) is 50.2 Å². The van der Waals surface area contributed by atoms with Crippen molar-refractivity contribution in [3.05, 3.63) is 48.2 Å². The Labute approximate surface area is 171 Å². The molecule has 1 aromatic carbocycles. The molecule has 4 rings (SSSR count). The predicted octanol–water partition coefficient (Wildman–Crippen LogP) is 2.58. The van der Waals surface area contributed by atoms with Gasteiger partial charge in [-0.25, -0.2) is 0 Å². The highest BCUT2D eigenvalue weighted by atomic mass is 16.5. The van der Waals surface area contributed by atoms with E-state index in [1.165, 1.54) is 0 Å². The van der Waals surface area contributed by atoms with Crippen LogP contribution in [0.4, 0.5) is 5.82 Å². The summed E-state index contributed by atoms with van der Waals surface area (Å²) in [5.74, 6) is 1.55. The van der Waals surface area contributed by atoms with E-state index in [4.69, 9.17) is 14.2 Å². The van der Waals surface area contributed by atoms with Crippen LogP contribution in [0.25, 0.3) is 0 Å². The Hall–Kier alpha value is -2.22. The van der Waals surface area contributed by atoms with Gasteiger partial charge < -0.3 is 24.2 Å². The number of nitrogens with zero attached hydrogens (tertiary/aromatic N) is 3. The van der Waals surface area contributed by atoms with Gasteiger partial charge in [0, 0.05) is 19.2 Å². The minimum atomic E-state index is -0.165. The number of aromatic nitrogens is 2. The Morgan fingerprint density at radius 3 is 2.59 bits per heavy atom. The molecule has 2 aromatic rings. The lowest BCUT2D eigenvalue weighted by atomic mass is 9.92. The van der Waals surface area contributed by atoms with Crippen molar-refractivity contribution in [1.82, 2.24) is 10.2 Å². The van der Waals surface area contributed by atoms with Crippen molar-refractivity contribution >= 4 is 5.82 Å². The highest BCUT2D eigenvalue weighted by molar-refractivity contribution is 5.42. The van der Waals surface area contributed by atoms with Crippen molar-refractivity contribution < 1.29 is 19.3 Å². The summed E-state index contributed by atoms with van der Waals surface area (Å²) < 4.78 is 17.5. The monoisotopic (exact) mass is 399 g/mol. The molecule has 7 heteroatoms. The summed E-state index contributed by atoms with van der Waals surface area (Å²) in [4.78, 5) is 2.22.